The Hall–Kier alpha value is -2.40. The number of carbonyl (C=O) groups is 1. The largest absolute Gasteiger partial charge is 0.378 e. The summed E-state index contributed by atoms with van der Waals surface area (Å²) in [6, 6.07) is 13.7. The molecule has 4 nitrogen and oxygen atoms in total. The third-order valence-corrected chi connectivity index (χ3v) is 4.66. The van der Waals surface area contributed by atoms with Gasteiger partial charge in [0.15, 0.2) is 5.13 Å². The van der Waals surface area contributed by atoms with E-state index in [1.54, 1.807) is 0 Å². The fraction of sp³-hybridized carbons (Fsp3) is 0.222. The van der Waals surface area contributed by atoms with Gasteiger partial charge in [-0.2, -0.15) is 0 Å². The van der Waals surface area contributed by atoms with Gasteiger partial charge in [0, 0.05) is 25.3 Å². The van der Waals surface area contributed by atoms with Gasteiger partial charge in [-0.05, 0) is 48.4 Å². The molecule has 0 aliphatic carbocycles. The van der Waals surface area contributed by atoms with Crippen molar-refractivity contribution in [2.45, 2.75) is 13.3 Å². The maximum Gasteiger partial charge on any atom is 0.257 e. The van der Waals surface area contributed by atoms with Crippen molar-refractivity contribution >= 4 is 38.3 Å². The summed E-state index contributed by atoms with van der Waals surface area (Å²) in [5.74, 6) is -0.134. The standard InChI is InChI=1S/C18H19N3OS/c1-4-12-5-10-15-16(11-12)23-18(19-15)20-17(22)13-6-8-14(9-7-13)21(2)3/h5-11H,4H2,1-3H3,(H,19,20,22). The zero-order chi connectivity index (χ0) is 16.4. The number of rotatable bonds is 4. The second kappa shape index (κ2) is 6.38. The van der Waals surface area contributed by atoms with E-state index in [0.717, 1.165) is 22.3 Å². The van der Waals surface area contributed by atoms with Gasteiger partial charge in [0.1, 0.15) is 0 Å². The molecule has 0 saturated carbocycles. The van der Waals surface area contributed by atoms with E-state index in [4.69, 9.17) is 0 Å². The van der Waals surface area contributed by atoms with Crippen molar-refractivity contribution in [1.82, 2.24) is 4.98 Å². The lowest BCUT2D eigenvalue weighted by Crippen LogP contribution is -2.13. The summed E-state index contributed by atoms with van der Waals surface area (Å²) in [6.07, 6.45) is 0.994. The molecule has 3 rings (SSSR count). The molecule has 118 valence electrons. The van der Waals surface area contributed by atoms with Crippen LogP contribution in [-0.2, 0) is 6.42 Å². The predicted octanol–water partition coefficient (Wildman–Crippen LogP) is 4.18. The van der Waals surface area contributed by atoms with Crippen LogP contribution in [0.4, 0.5) is 10.8 Å². The van der Waals surface area contributed by atoms with Crippen LogP contribution in [0, 0.1) is 0 Å². The van der Waals surface area contributed by atoms with E-state index in [1.807, 2.05) is 49.3 Å². The molecule has 0 aliphatic heterocycles. The molecule has 1 N–H and O–H groups in total. The van der Waals surface area contributed by atoms with Gasteiger partial charge in [0.2, 0.25) is 0 Å². The minimum absolute atomic E-state index is 0.134. The Kier molecular flexibility index (Phi) is 4.30. The summed E-state index contributed by atoms with van der Waals surface area (Å²) in [5.41, 5.74) is 3.89. The first kappa shape index (κ1) is 15.5. The Balaban J connectivity index is 1.79. The number of nitrogens with one attached hydrogen (secondary N) is 1. The highest BCUT2D eigenvalue weighted by Gasteiger charge is 2.10. The molecule has 0 saturated heterocycles. The summed E-state index contributed by atoms with van der Waals surface area (Å²) >= 11 is 1.51. The van der Waals surface area contributed by atoms with Gasteiger partial charge < -0.3 is 4.90 Å². The number of carbonyl (C=O) groups excluding carboxylic acids is 1. The maximum absolute atomic E-state index is 12.3. The zero-order valence-corrected chi connectivity index (χ0v) is 14.3. The van der Waals surface area contributed by atoms with Crippen molar-refractivity contribution in [2.24, 2.45) is 0 Å². The Morgan fingerprint density at radius 1 is 1.17 bits per heavy atom. The predicted molar refractivity (Wildman–Crippen MR) is 97.7 cm³/mol. The van der Waals surface area contributed by atoms with Crippen molar-refractivity contribution in [3.8, 4) is 0 Å². The smallest absolute Gasteiger partial charge is 0.257 e. The van der Waals surface area contributed by atoms with Crippen LogP contribution in [0.15, 0.2) is 42.5 Å². The molecular weight excluding hydrogens is 306 g/mol. The summed E-state index contributed by atoms with van der Waals surface area (Å²) in [7, 11) is 3.95. The second-order valence-electron chi connectivity index (χ2n) is 5.57. The Bertz CT molecular complexity index is 837. The first-order chi connectivity index (χ1) is 11.1. The van der Waals surface area contributed by atoms with Crippen LogP contribution in [-0.4, -0.2) is 25.0 Å². The molecule has 5 heteroatoms. The van der Waals surface area contributed by atoms with E-state index >= 15 is 0 Å². The third-order valence-electron chi connectivity index (χ3n) is 3.73. The highest BCUT2D eigenvalue weighted by Crippen LogP contribution is 2.27. The van der Waals surface area contributed by atoms with E-state index in [2.05, 4.69) is 29.4 Å². The van der Waals surface area contributed by atoms with Gasteiger partial charge in [0.05, 0.1) is 10.2 Å². The normalized spacial score (nSPS) is 10.7. The fourth-order valence-electron chi connectivity index (χ4n) is 2.32. The highest BCUT2D eigenvalue weighted by molar-refractivity contribution is 7.22. The molecule has 1 aromatic heterocycles. The van der Waals surface area contributed by atoms with E-state index < -0.39 is 0 Å². The Morgan fingerprint density at radius 2 is 1.91 bits per heavy atom. The van der Waals surface area contributed by atoms with Gasteiger partial charge in [-0.3, -0.25) is 10.1 Å². The van der Waals surface area contributed by atoms with Crippen molar-refractivity contribution in [1.29, 1.82) is 0 Å². The molecule has 0 unspecified atom stereocenters. The lowest BCUT2D eigenvalue weighted by molar-refractivity contribution is 0.102. The van der Waals surface area contributed by atoms with Crippen LogP contribution in [0.3, 0.4) is 0 Å². The van der Waals surface area contributed by atoms with E-state index in [0.29, 0.717) is 10.7 Å². The number of benzene rings is 2. The number of hydrogen-bond acceptors (Lipinski definition) is 4. The fourth-order valence-corrected chi connectivity index (χ4v) is 3.25. The van der Waals surface area contributed by atoms with Gasteiger partial charge >= 0.3 is 0 Å². The number of thiazole rings is 1. The zero-order valence-electron chi connectivity index (χ0n) is 13.5. The van der Waals surface area contributed by atoms with Crippen LogP contribution in [0.1, 0.15) is 22.8 Å². The molecular formula is C18H19N3OS. The average molecular weight is 325 g/mol. The van der Waals surface area contributed by atoms with Gasteiger partial charge in [-0.1, -0.05) is 24.3 Å². The lowest BCUT2D eigenvalue weighted by Gasteiger charge is -2.12. The molecule has 0 radical (unpaired) electrons. The van der Waals surface area contributed by atoms with Crippen LogP contribution < -0.4 is 10.2 Å². The highest BCUT2D eigenvalue weighted by atomic mass is 32.1. The first-order valence-electron chi connectivity index (χ1n) is 7.55. The molecule has 0 fully saturated rings. The number of nitrogens with zero attached hydrogens (tertiary/aromatic N) is 2. The SMILES string of the molecule is CCc1ccc2nc(NC(=O)c3ccc(N(C)C)cc3)sc2c1. The van der Waals surface area contributed by atoms with Crippen molar-refractivity contribution in [2.75, 3.05) is 24.3 Å². The number of aryl methyl sites for hydroxylation is 1. The van der Waals surface area contributed by atoms with Crippen LogP contribution in [0.5, 0.6) is 0 Å². The van der Waals surface area contributed by atoms with E-state index in [-0.39, 0.29) is 5.91 Å². The molecule has 23 heavy (non-hydrogen) atoms. The quantitative estimate of drug-likeness (QED) is 0.783. The number of amides is 1. The monoisotopic (exact) mass is 325 g/mol. The summed E-state index contributed by atoms with van der Waals surface area (Å²) in [4.78, 5) is 18.8. The number of aromatic nitrogens is 1. The van der Waals surface area contributed by atoms with Gasteiger partial charge in [0.25, 0.3) is 5.91 Å². The average Bonchev–Trinajstić information content (AvgIpc) is 2.95. The van der Waals surface area contributed by atoms with Crippen molar-refractivity contribution in [3.05, 3.63) is 53.6 Å². The maximum atomic E-state index is 12.3. The summed E-state index contributed by atoms with van der Waals surface area (Å²) in [5, 5.41) is 3.52. The van der Waals surface area contributed by atoms with Gasteiger partial charge in [-0.25, -0.2) is 4.98 Å². The molecule has 1 amide bonds. The van der Waals surface area contributed by atoms with Gasteiger partial charge in [-0.15, -0.1) is 0 Å². The third kappa shape index (κ3) is 3.35. The first-order valence-corrected chi connectivity index (χ1v) is 8.36. The molecule has 0 spiro atoms. The molecule has 1 heterocycles. The molecule has 3 aromatic rings. The lowest BCUT2D eigenvalue weighted by atomic mass is 10.2. The summed E-state index contributed by atoms with van der Waals surface area (Å²) in [6.45, 7) is 2.13. The number of hydrogen-bond donors (Lipinski definition) is 1. The minimum atomic E-state index is -0.134. The van der Waals surface area contributed by atoms with E-state index in [1.165, 1.54) is 16.9 Å². The van der Waals surface area contributed by atoms with Crippen LogP contribution in [0.2, 0.25) is 0 Å². The van der Waals surface area contributed by atoms with Crippen molar-refractivity contribution in [3.63, 3.8) is 0 Å². The molecule has 0 bridgehead atoms. The molecule has 0 aliphatic rings. The van der Waals surface area contributed by atoms with Crippen LogP contribution >= 0.6 is 11.3 Å². The second-order valence-corrected chi connectivity index (χ2v) is 6.60. The van der Waals surface area contributed by atoms with E-state index in [9.17, 15) is 4.79 Å². The Labute approximate surface area is 139 Å². The summed E-state index contributed by atoms with van der Waals surface area (Å²) < 4.78 is 1.10. The Morgan fingerprint density at radius 3 is 2.57 bits per heavy atom. The molecule has 2 aromatic carbocycles. The molecule has 0 atom stereocenters. The van der Waals surface area contributed by atoms with Crippen LogP contribution in [0.25, 0.3) is 10.2 Å². The number of fused-ring (bicyclic) bond motifs is 1. The minimum Gasteiger partial charge on any atom is -0.378 e. The number of anilines is 2. The topological polar surface area (TPSA) is 45.2 Å². The van der Waals surface area contributed by atoms with Crippen molar-refractivity contribution < 1.29 is 4.79 Å².